The fourth-order valence-corrected chi connectivity index (χ4v) is 1.76. The second kappa shape index (κ2) is 4.99. The SMILES string of the molecule is CCc1ccc(C(N)Cc2ccco2)cc1. The van der Waals surface area contributed by atoms with Crippen molar-refractivity contribution in [3.05, 3.63) is 59.5 Å². The van der Waals surface area contributed by atoms with Gasteiger partial charge in [0.25, 0.3) is 0 Å². The van der Waals surface area contributed by atoms with Gasteiger partial charge in [-0.25, -0.2) is 0 Å². The van der Waals surface area contributed by atoms with Crippen molar-refractivity contribution in [3.8, 4) is 0 Å². The second-order valence-corrected chi connectivity index (χ2v) is 3.99. The first kappa shape index (κ1) is 11.0. The van der Waals surface area contributed by atoms with Gasteiger partial charge in [-0.1, -0.05) is 31.2 Å². The summed E-state index contributed by atoms with van der Waals surface area (Å²) in [6.45, 7) is 2.15. The zero-order valence-electron chi connectivity index (χ0n) is 9.52. The third kappa shape index (κ3) is 2.52. The third-order valence-corrected chi connectivity index (χ3v) is 2.82. The molecule has 1 aromatic carbocycles. The number of benzene rings is 1. The Labute approximate surface area is 96.1 Å². The summed E-state index contributed by atoms with van der Waals surface area (Å²) >= 11 is 0. The molecule has 0 amide bonds. The fourth-order valence-electron chi connectivity index (χ4n) is 1.76. The number of aryl methyl sites for hydroxylation is 1. The van der Waals surface area contributed by atoms with Crippen molar-refractivity contribution in [3.63, 3.8) is 0 Å². The minimum atomic E-state index is 0.0112. The molecule has 1 heterocycles. The summed E-state index contributed by atoms with van der Waals surface area (Å²) in [5, 5.41) is 0. The minimum absolute atomic E-state index is 0.0112. The average Bonchev–Trinajstić information content (AvgIpc) is 2.82. The van der Waals surface area contributed by atoms with E-state index in [1.165, 1.54) is 5.56 Å². The van der Waals surface area contributed by atoms with Gasteiger partial charge >= 0.3 is 0 Å². The van der Waals surface area contributed by atoms with Crippen LogP contribution < -0.4 is 5.73 Å². The predicted molar refractivity (Wildman–Crippen MR) is 65.2 cm³/mol. The van der Waals surface area contributed by atoms with Gasteiger partial charge in [-0.05, 0) is 29.7 Å². The van der Waals surface area contributed by atoms with E-state index in [2.05, 4.69) is 31.2 Å². The van der Waals surface area contributed by atoms with E-state index < -0.39 is 0 Å². The molecule has 0 saturated carbocycles. The van der Waals surface area contributed by atoms with Gasteiger partial charge in [0.05, 0.1) is 6.26 Å². The predicted octanol–water partition coefficient (Wildman–Crippen LogP) is 3.08. The van der Waals surface area contributed by atoms with E-state index in [-0.39, 0.29) is 6.04 Å². The van der Waals surface area contributed by atoms with Crippen molar-refractivity contribution in [2.24, 2.45) is 5.73 Å². The number of hydrogen-bond acceptors (Lipinski definition) is 2. The monoisotopic (exact) mass is 215 g/mol. The van der Waals surface area contributed by atoms with E-state index in [1.54, 1.807) is 6.26 Å². The third-order valence-electron chi connectivity index (χ3n) is 2.82. The zero-order valence-corrected chi connectivity index (χ0v) is 9.52. The van der Waals surface area contributed by atoms with E-state index in [0.29, 0.717) is 0 Å². The highest BCUT2D eigenvalue weighted by Crippen LogP contribution is 2.17. The maximum absolute atomic E-state index is 6.12. The number of hydrogen-bond donors (Lipinski definition) is 1. The van der Waals surface area contributed by atoms with Gasteiger partial charge in [0.15, 0.2) is 0 Å². The van der Waals surface area contributed by atoms with Crippen LogP contribution in [0.3, 0.4) is 0 Å². The molecule has 0 saturated heterocycles. The van der Waals surface area contributed by atoms with Crippen molar-refractivity contribution >= 4 is 0 Å². The number of furan rings is 1. The van der Waals surface area contributed by atoms with Crippen LogP contribution in [0.1, 0.15) is 29.9 Å². The number of nitrogens with two attached hydrogens (primary N) is 1. The van der Waals surface area contributed by atoms with Crippen LogP contribution in [0.5, 0.6) is 0 Å². The molecule has 2 N–H and O–H groups in total. The molecule has 2 nitrogen and oxygen atoms in total. The second-order valence-electron chi connectivity index (χ2n) is 3.99. The molecule has 1 atom stereocenters. The van der Waals surface area contributed by atoms with E-state index >= 15 is 0 Å². The Hall–Kier alpha value is -1.54. The van der Waals surface area contributed by atoms with Gasteiger partial charge in [0, 0.05) is 12.5 Å². The van der Waals surface area contributed by atoms with Crippen molar-refractivity contribution in [2.75, 3.05) is 0 Å². The lowest BCUT2D eigenvalue weighted by Gasteiger charge is -2.10. The molecule has 0 fully saturated rings. The van der Waals surface area contributed by atoms with E-state index in [4.69, 9.17) is 10.2 Å². The van der Waals surface area contributed by atoms with Crippen LogP contribution in [0.4, 0.5) is 0 Å². The van der Waals surface area contributed by atoms with E-state index in [0.717, 1.165) is 24.2 Å². The molecule has 1 unspecified atom stereocenters. The number of rotatable bonds is 4. The molecule has 0 spiro atoms. The highest BCUT2D eigenvalue weighted by Gasteiger charge is 2.08. The van der Waals surface area contributed by atoms with Crippen LogP contribution in [0.25, 0.3) is 0 Å². The Morgan fingerprint density at radius 2 is 1.94 bits per heavy atom. The van der Waals surface area contributed by atoms with Crippen LogP contribution in [-0.4, -0.2) is 0 Å². The van der Waals surface area contributed by atoms with Crippen molar-refractivity contribution in [1.82, 2.24) is 0 Å². The summed E-state index contributed by atoms with van der Waals surface area (Å²) in [5.41, 5.74) is 8.62. The molecule has 2 aromatic rings. The summed E-state index contributed by atoms with van der Waals surface area (Å²) in [7, 11) is 0. The summed E-state index contributed by atoms with van der Waals surface area (Å²) in [5.74, 6) is 0.937. The maximum Gasteiger partial charge on any atom is 0.105 e. The van der Waals surface area contributed by atoms with Gasteiger partial charge in [-0.2, -0.15) is 0 Å². The van der Waals surface area contributed by atoms with Crippen LogP contribution in [0, 0.1) is 0 Å². The largest absolute Gasteiger partial charge is 0.469 e. The molecule has 1 aromatic heterocycles. The summed E-state index contributed by atoms with van der Waals surface area (Å²) < 4.78 is 5.29. The smallest absolute Gasteiger partial charge is 0.105 e. The Bertz CT molecular complexity index is 417. The van der Waals surface area contributed by atoms with Crippen LogP contribution in [-0.2, 0) is 12.8 Å². The van der Waals surface area contributed by atoms with Gasteiger partial charge in [-0.15, -0.1) is 0 Å². The highest BCUT2D eigenvalue weighted by molar-refractivity contribution is 5.25. The zero-order chi connectivity index (χ0) is 11.4. The molecule has 84 valence electrons. The van der Waals surface area contributed by atoms with Crippen LogP contribution in [0.2, 0.25) is 0 Å². The lowest BCUT2D eigenvalue weighted by atomic mass is 10.0. The minimum Gasteiger partial charge on any atom is -0.469 e. The molecular weight excluding hydrogens is 198 g/mol. The summed E-state index contributed by atoms with van der Waals surface area (Å²) in [4.78, 5) is 0. The topological polar surface area (TPSA) is 39.2 Å². The van der Waals surface area contributed by atoms with Crippen molar-refractivity contribution in [1.29, 1.82) is 0 Å². The maximum atomic E-state index is 6.12. The Balaban J connectivity index is 2.05. The molecule has 2 heteroatoms. The van der Waals surface area contributed by atoms with Crippen molar-refractivity contribution < 1.29 is 4.42 Å². The van der Waals surface area contributed by atoms with Crippen molar-refractivity contribution in [2.45, 2.75) is 25.8 Å². The standard InChI is InChI=1S/C14H17NO/c1-2-11-5-7-12(8-6-11)14(15)10-13-4-3-9-16-13/h3-9,14H,2,10,15H2,1H3. The Morgan fingerprint density at radius 1 is 1.19 bits per heavy atom. The van der Waals surface area contributed by atoms with Gasteiger partial charge in [-0.3, -0.25) is 0 Å². The molecule has 0 aliphatic carbocycles. The van der Waals surface area contributed by atoms with E-state index in [9.17, 15) is 0 Å². The molecule has 0 aliphatic rings. The first-order valence-electron chi connectivity index (χ1n) is 5.66. The fraction of sp³-hybridized carbons (Fsp3) is 0.286. The lowest BCUT2D eigenvalue weighted by molar-refractivity contribution is 0.488. The Morgan fingerprint density at radius 3 is 2.50 bits per heavy atom. The molecule has 0 bridgehead atoms. The Kier molecular flexibility index (Phi) is 3.42. The van der Waals surface area contributed by atoms with E-state index in [1.807, 2.05) is 12.1 Å². The lowest BCUT2D eigenvalue weighted by Crippen LogP contribution is -2.12. The molecule has 2 rings (SSSR count). The van der Waals surface area contributed by atoms with Crippen LogP contribution in [0.15, 0.2) is 47.1 Å². The molecular formula is C14H17NO. The van der Waals surface area contributed by atoms with Gasteiger partial charge in [0.1, 0.15) is 5.76 Å². The summed E-state index contributed by atoms with van der Waals surface area (Å²) in [6.07, 6.45) is 3.49. The quantitative estimate of drug-likeness (QED) is 0.851. The first-order valence-corrected chi connectivity index (χ1v) is 5.66. The molecule has 0 aliphatic heterocycles. The summed E-state index contributed by atoms with van der Waals surface area (Å²) in [6, 6.07) is 12.3. The highest BCUT2D eigenvalue weighted by atomic mass is 16.3. The average molecular weight is 215 g/mol. The normalized spacial score (nSPS) is 12.6. The van der Waals surface area contributed by atoms with Gasteiger partial charge in [0.2, 0.25) is 0 Å². The van der Waals surface area contributed by atoms with Crippen LogP contribution >= 0.6 is 0 Å². The molecule has 16 heavy (non-hydrogen) atoms. The first-order chi connectivity index (χ1) is 7.79. The van der Waals surface area contributed by atoms with Gasteiger partial charge < -0.3 is 10.2 Å². The molecule has 0 radical (unpaired) electrons.